The van der Waals surface area contributed by atoms with Crippen molar-refractivity contribution in [2.45, 2.75) is 20.3 Å². The fourth-order valence-corrected chi connectivity index (χ4v) is 1.01. The van der Waals surface area contributed by atoms with Gasteiger partial charge in [0.05, 0.1) is 6.42 Å². The Hall–Kier alpha value is -0.810. The van der Waals surface area contributed by atoms with Crippen LogP contribution in [0, 0.1) is 24.2 Å². The maximum absolute atomic E-state index is 11.2. The van der Waals surface area contributed by atoms with Crippen molar-refractivity contribution in [2.75, 3.05) is 6.54 Å². The van der Waals surface area contributed by atoms with Gasteiger partial charge in [-0.05, 0) is 5.92 Å². The summed E-state index contributed by atoms with van der Waals surface area (Å²) in [6.07, 6.45) is 5.22. The molecule has 0 saturated heterocycles. The van der Waals surface area contributed by atoms with E-state index >= 15 is 0 Å². The third-order valence-corrected chi connectivity index (χ3v) is 1.75. The quantitative estimate of drug-likeness (QED) is 0.607. The molecule has 2 N–H and O–H groups in total. The van der Waals surface area contributed by atoms with Gasteiger partial charge in [0, 0.05) is 12.5 Å². The van der Waals surface area contributed by atoms with E-state index in [4.69, 9.17) is 12.2 Å². The van der Waals surface area contributed by atoms with Gasteiger partial charge in [0.15, 0.2) is 0 Å². The summed E-state index contributed by atoms with van der Waals surface area (Å²) in [5.41, 5.74) is 5.42. The second kappa shape index (κ2) is 4.92. The summed E-state index contributed by atoms with van der Waals surface area (Å²) < 4.78 is 0. The Balaban J connectivity index is 4.05. The van der Waals surface area contributed by atoms with Gasteiger partial charge in [-0.15, -0.1) is 6.42 Å². The van der Waals surface area contributed by atoms with Crippen LogP contribution in [0.15, 0.2) is 0 Å². The Morgan fingerprint density at radius 1 is 1.64 bits per heavy atom. The molecule has 0 fully saturated rings. The fraction of sp³-hybridized carbons (Fsp3) is 0.667. The highest BCUT2D eigenvalue weighted by Crippen LogP contribution is 2.11. The smallest absolute Gasteiger partial charge is 0.149 e. The highest BCUT2D eigenvalue weighted by molar-refractivity contribution is 5.83. The molecule has 62 valence electrons. The summed E-state index contributed by atoms with van der Waals surface area (Å²) in [6, 6.07) is 0. The molecule has 0 aliphatic heterocycles. The summed E-state index contributed by atoms with van der Waals surface area (Å²) in [5.74, 6) is 2.65. The first kappa shape index (κ1) is 10.2. The Morgan fingerprint density at radius 2 is 2.18 bits per heavy atom. The first-order chi connectivity index (χ1) is 5.13. The van der Waals surface area contributed by atoms with Gasteiger partial charge in [-0.25, -0.2) is 0 Å². The predicted octanol–water partition coefficient (Wildman–Crippen LogP) is 0.810. The monoisotopic (exact) mass is 153 g/mol. The average molecular weight is 153 g/mol. The zero-order valence-corrected chi connectivity index (χ0v) is 7.13. The Bertz CT molecular complexity index is 167. The van der Waals surface area contributed by atoms with Crippen molar-refractivity contribution in [3.63, 3.8) is 0 Å². The average Bonchev–Trinajstić information content (AvgIpc) is 1.88. The van der Waals surface area contributed by atoms with Crippen LogP contribution in [0.1, 0.15) is 20.3 Å². The first-order valence-electron chi connectivity index (χ1n) is 3.79. The highest BCUT2D eigenvalue weighted by atomic mass is 16.1. The minimum Gasteiger partial charge on any atom is -0.330 e. The van der Waals surface area contributed by atoms with Gasteiger partial charge in [0.1, 0.15) is 5.78 Å². The van der Waals surface area contributed by atoms with Crippen LogP contribution in [0.5, 0.6) is 0 Å². The molecule has 1 atom stereocenters. The van der Waals surface area contributed by atoms with Crippen LogP contribution in [0.2, 0.25) is 0 Å². The van der Waals surface area contributed by atoms with Crippen molar-refractivity contribution < 1.29 is 4.79 Å². The lowest BCUT2D eigenvalue weighted by Crippen LogP contribution is -2.27. The van der Waals surface area contributed by atoms with Crippen LogP contribution in [0.3, 0.4) is 0 Å². The molecule has 0 saturated carbocycles. The van der Waals surface area contributed by atoms with Gasteiger partial charge in [0.25, 0.3) is 0 Å². The van der Waals surface area contributed by atoms with Crippen molar-refractivity contribution in [3.05, 3.63) is 0 Å². The molecule has 0 bridgehead atoms. The highest BCUT2D eigenvalue weighted by Gasteiger charge is 2.18. The number of carbonyl (C=O) groups excluding carboxylic acids is 1. The Labute approximate surface area is 68.2 Å². The Morgan fingerprint density at radius 3 is 2.45 bits per heavy atom. The summed E-state index contributed by atoms with van der Waals surface area (Å²) in [7, 11) is 0. The number of terminal acetylenes is 1. The standard InChI is InChI=1S/C9H15NO/c1-4-5-9(11)8(6-10)7(2)3/h1,7-8H,5-6,10H2,2-3H3. The number of nitrogens with two attached hydrogens (primary N) is 1. The largest absolute Gasteiger partial charge is 0.330 e. The molecule has 0 aromatic carbocycles. The second-order valence-electron chi connectivity index (χ2n) is 2.93. The van der Waals surface area contributed by atoms with Crippen molar-refractivity contribution in [2.24, 2.45) is 17.6 Å². The van der Waals surface area contributed by atoms with Gasteiger partial charge in [-0.2, -0.15) is 0 Å². The third-order valence-electron chi connectivity index (χ3n) is 1.75. The lowest BCUT2D eigenvalue weighted by atomic mass is 9.90. The number of carbonyl (C=O) groups is 1. The lowest BCUT2D eigenvalue weighted by Gasteiger charge is -2.15. The van der Waals surface area contributed by atoms with Gasteiger partial charge in [-0.3, -0.25) is 4.79 Å². The maximum atomic E-state index is 11.2. The molecular formula is C9H15NO. The van der Waals surface area contributed by atoms with Crippen LogP contribution >= 0.6 is 0 Å². The zero-order valence-electron chi connectivity index (χ0n) is 7.13. The maximum Gasteiger partial charge on any atom is 0.149 e. The minimum absolute atomic E-state index is 0.0638. The van der Waals surface area contributed by atoms with E-state index in [1.165, 1.54) is 0 Å². The van der Waals surface area contributed by atoms with Crippen molar-refractivity contribution in [1.29, 1.82) is 0 Å². The normalized spacial score (nSPS) is 12.6. The van der Waals surface area contributed by atoms with Crippen LogP contribution < -0.4 is 5.73 Å². The number of Topliss-reactive ketones (excluding diaryl/α,β-unsaturated/α-hetero) is 1. The molecule has 0 aromatic rings. The van der Waals surface area contributed by atoms with E-state index in [0.29, 0.717) is 12.5 Å². The van der Waals surface area contributed by atoms with Crippen molar-refractivity contribution in [1.82, 2.24) is 0 Å². The van der Waals surface area contributed by atoms with Gasteiger partial charge < -0.3 is 5.73 Å². The predicted molar refractivity (Wildman–Crippen MR) is 45.8 cm³/mol. The molecule has 0 aromatic heterocycles. The molecule has 0 amide bonds. The number of rotatable bonds is 4. The molecule has 0 radical (unpaired) electrons. The fourth-order valence-electron chi connectivity index (χ4n) is 1.01. The van der Waals surface area contributed by atoms with Gasteiger partial charge in [0.2, 0.25) is 0 Å². The number of hydrogen-bond acceptors (Lipinski definition) is 2. The topological polar surface area (TPSA) is 43.1 Å². The molecule has 0 aliphatic rings. The summed E-state index contributed by atoms with van der Waals surface area (Å²) in [4.78, 5) is 11.2. The van der Waals surface area contributed by atoms with E-state index in [2.05, 4.69) is 5.92 Å². The van der Waals surface area contributed by atoms with E-state index < -0.39 is 0 Å². The SMILES string of the molecule is C#CCC(=O)C(CN)C(C)C. The van der Waals surface area contributed by atoms with Crippen molar-refractivity contribution in [3.8, 4) is 12.3 Å². The van der Waals surface area contributed by atoms with Gasteiger partial charge >= 0.3 is 0 Å². The lowest BCUT2D eigenvalue weighted by molar-refractivity contribution is -0.122. The molecule has 0 spiro atoms. The molecule has 0 rings (SSSR count). The third kappa shape index (κ3) is 3.20. The van der Waals surface area contributed by atoms with E-state index in [9.17, 15) is 4.79 Å². The van der Waals surface area contributed by atoms with E-state index in [1.54, 1.807) is 0 Å². The number of hydrogen-bond donors (Lipinski definition) is 1. The molecule has 11 heavy (non-hydrogen) atoms. The molecule has 2 nitrogen and oxygen atoms in total. The molecule has 1 unspecified atom stereocenters. The van der Waals surface area contributed by atoms with Gasteiger partial charge in [-0.1, -0.05) is 19.8 Å². The van der Waals surface area contributed by atoms with E-state index in [1.807, 2.05) is 13.8 Å². The minimum atomic E-state index is -0.0638. The van der Waals surface area contributed by atoms with Crippen LogP contribution in [0.25, 0.3) is 0 Å². The van der Waals surface area contributed by atoms with E-state index in [-0.39, 0.29) is 18.1 Å². The summed E-state index contributed by atoms with van der Waals surface area (Å²) in [6.45, 7) is 4.36. The summed E-state index contributed by atoms with van der Waals surface area (Å²) in [5, 5.41) is 0. The number of ketones is 1. The second-order valence-corrected chi connectivity index (χ2v) is 2.93. The Kier molecular flexibility index (Phi) is 4.56. The molecule has 0 heterocycles. The molecule has 2 heteroatoms. The van der Waals surface area contributed by atoms with Crippen molar-refractivity contribution >= 4 is 5.78 Å². The molecular weight excluding hydrogens is 138 g/mol. The van der Waals surface area contributed by atoms with E-state index in [0.717, 1.165) is 0 Å². The zero-order chi connectivity index (χ0) is 8.85. The molecule has 0 aliphatic carbocycles. The van der Waals surface area contributed by atoms with Crippen LogP contribution in [-0.4, -0.2) is 12.3 Å². The first-order valence-corrected chi connectivity index (χ1v) is 3.79. The van der Waals surface area contributed by atoms with Crippen LogP contribution in [0.4, 0.5) is 0 Å². The van der Waals surface area contributed by atoms with Crippen LogP contribution in [-0.2, 0) is 4.79 Å². The summed E-state index contributed by atoms with van der Waals surface area (Å²) >= 11 is 0.